The third-order valence-electron chi connectivity index (χ3n) is 2.16. The van der Waals surface area contributed by atoms with Crippen LogP contribution in [0.3, 0.4) is 0 Å². The van der Waals surface area contributed by atoms with Crippen molar-refractivity contribution in [2.45, 2.75) is 0 Å². The Balaban J connectivity index is 2.63. The Kier molecular flexibility index (Phi) is 1.25. The number of aromatic nitrogens is 4. The lowest BCUT2D eigenvalue weighted by Crippen LogP contribution is -1.93. The Morgan fingerprint density at radius 3 is 3.14 bits per heavy atom. The second kappa shape index (κ2) is 2.41. The van der Waals surface area contributed by atoms with Gasteiger partial charge in [0.2, 0.25) is 0 Å². The molecule has 0 saturated carbocycles. The number of nitrogen functional groups attached to an aromatic ring is 1. The average molecular weight is 185 g/mol. The van der Waals surface area contributed by atoms with Crippen LogP contribution in [0, 0.1) is 0 Å². The average Bonchev–Trinajstić information content (AvgIpc) is 2.66. The number of nitrogens with zero attached hydrogens (tertiary/aromatic N) is 3. The summed E-state index contributed by atoms with van der Waals surface area (Å²) in [6, 6.07) is 3.76. The molecule has 3 heterocycles. The van der Waals surface area contributed by atoms with Crippen LogP contribution >= 0.6 is 0 Å². The molecule has 0 aliphatic heterocycles. The zero-order valence-electron chi connectivity index (χ0n) is 7.23. The Bertz CT molecular complexity index is 613. The largest absolute Gasteiger partial charge is 0.395 e. The SMILES string of the molecule is Nc1c2ncnc2nc2ccc[nH]c12. The van der Waals surface area contributed by atoms with E-state index in [0.717, 1.165) is 11.0 Å². The lowest BCUT2D eigenvalue weighted by molar-refractivity contribution is 1.31. The number of hydrogen-bond donors (Lipinski definition) is 2. The molecular weight excluding hydrogens is 178 g/mol. The number of hydrogen-bond acceptors (Lipinski definition) is 4. The zero-order chi connectivity index (χ0) is 9.54. The van der Waals surface area contributed by atoms with Crippen molar-refractivity contribution in [3.05, 3.63) is 24.7 Å². The van der Waals surface area contributed by atoms with Crippen molar-refractivity contribution in [2.24, 2.45) is 0 Å². The first-order valence-electron chi connectivity index (χ1n) is 4.19. The molecule has 3 N–H and O–H groups in total. The summed E-state index contributed by atoms with van der Waals surface area (Å²) in [4.78, 5) is 15.4. The van der Waals surface area contributed by atoms with E-state index in [4.69, 9.17) is 5.73 Å². The second-order valence-corrected chi connectivity index (χ2v) is 3.00. The molecule has 3 aromatic rings. The molecule has 5 heteroatoms. The fraction of sp³-hybridized carbons (Fsp3) is 0. The molecule has 0 radical (unpaired) electrons. The van der Waals surface area contributed by atoms with Gasteiger partial charge >= 0.3 is 0 Å². The first kappa shape index (κ1) is 7.25. The van der Waals surface area contributed by atoms with Gasteiger partial charge in [0, 0.05) is 6.20 Å². The highest BCUT2D eigenvalue weighted by Gasteiger charge is 2.07. The van der Waals surface area contributed by atoms with Crippen molar-refractivity contribution in [2.75, 3.05) is 5.73 Å². The fourth-order valence-electron chi connectivity index (χ4n) is 1.50. The lowest BCUT2D eigenvalue weighted by Gasteiger charge is -2.00. The Morgan fingerprint density at radius 2 is 2.21 bits per heavy atom. The third-order valence-corrected chi connectivity index (χ3v) is 2.16. The summed E-state index contributed by atoms with van der Waals surface area (Å²) in [5.74, 6) is 0. The maximum absolute atomic E-state index is 5.93. The summed E-state index contributed by atoms with van der Waals surface area (Å²) in [5, 5.41) is 0. The van der Waals surface area contributed by atoms with Crippen molar-refractivity contribution >= 4 is 27.9 Å². The van der Waals surface area contributed by atoms with Crippen LogP contribution in [0.1, 0.15) is 0 Å². The number of pyridine rings is 2. The molecule has 0 aromatic carbocycles. The molecule has 0 atom stereocenters. The topological polar surface area (TPSA) is 80.5 Å². The molecule has 0 saturated heterocycles. The summed E-state index contributed by atoms with van der Waals surface area (Å²) in [7, 11) is 0. The van der Waals surface area contributed by atoms with Crippen molar-refractivity contribution in [1.82, 2.24) is 19.9 Å². The predicted octanol–water partition coefficient (Wildman–Crippen LogP) is 1.09. The van der Waals surface area contributed by atoms with Gasteiger partial charge in [-0.2, -0.15) is 0 Å². The van der Waals surface area contributed by atoms with Crippen LogP contribution in [-0.4, -0.2) is 19.9 Å². The van der Waals surface area contributed by atoms with Gasteiger partial charge in [-0.15, -0.1) is 0 Å². The van der Waals surface area contributed by atoms with Gasteiger partial charge in [0.25, 0.3) is 0 Å². The normalized spacial score (nSPS) is 11.1. The first-order valence-corrected chi connectivity index (χ1v) is 4.19. The van der Waals surface area contributed by atoms with Crippen molar-refractivity contribution in [3.8, 4) is 0 Å². The number of nitrogens with one attached hydrogen (secondary N) is 1. The van der Waals surface area contributed by atoms with E-state index in [-0.39, 0.29) is 0 Å². The Hall–Kier alpha value is -2.17. The molecule has 0 bridgehead atoms. The van der Waals surface area contributed by atoms with E-state index in [1.165, 1.54) is 6.33 Å². The third kappa shape index (κ3) is 0.806. The number of anilines is 1. The minimum atomic E-state index is 0.592. The molecule has 0 aliphatic carbocycles. The molecule has 5 nitrogen and oxygen atoms in total. The second-order valence-electron chi connectivity index (χ2n) is 3.00. The van der Waals surface area contributed by atoms with E-state index < -0.39 is 0 Å². The molecule has 0 fully saturated rings. The molecule has 0 amide bonds. The van der Waals surface area contributed by atoms with Crippen LogP contribution in [0.15, 0.2) is 24.7 Å². The van der Waals surface area contributed by atoms with Gasteiger partial charge in [-0.1, -0.05) is 0 Å². The lowest BCUT2D eigenvalue weighted by atomic mass is 10.2. The van der Waals surface area contributed by atoms with Gasteiger partial charge in [0.1, 0.15) is 11.8 Å². The van der Waals surface area contributed by atoms with Crippen LogP contribution in [-0.2, 0) is 0 Å². The molecule has 68 valence electrons. The maximum atomic E-state index is 5.93. The van der Waals surface area contributed by atoms with Gasteiger partial charge in [-0.3, -0.25) is 0 Å². The molecule has 3 rings (SSSR count). The predicted molar refractivity (Wildman–Crippen MR) is 53.6 cm³/mol. The van der Waals surface area contributed by atoms with E-state index in [9.17, 15) is 0 Å². The van der Waals surface area contributed by atoms with Crippen LogP contribution in [0.25, 0.3) is 22.2 Å². The number of aromatic amines is 1. The van der Waals surface area contributed by atoms with E-state index in [1.54, 1.807) is 0 Å². The summed E-state index contributed by atoms with van der Waals surface area (Å²) in [6.45, 7) is 0. The molecule has 3 aromatic heterocycles. The summed E-state index contributed by atoms with van der Waals surface area (Å²) >= 11 is 0. The summed E-state index contributed by atoms with van der Waals surface area (Å²) in [6.07, 6.45) is 3.27. The number of H-pyrrole nitrogens is 1. The minimum absolute atomic E-state index is 0.592. The molecular formula is C9H7N5. The highest BCUT2D eigenvalue weighted by atomic mass is 15.0. The van der Waals surface area contributed by atoms with Gasteiger partial charge in [0.05, 0.1) is 16.7 Å². The smallest absolute Gasteiger partial charge is 0.182 e. The number of rotatable bonds is 0. The van der Waals surface area contributed by atoms with Crippen LogP contribution in [0.5, 0.6) is 0 Å². The van der Waals surface area contributed by atoms with E-state index >= 15 is 0 Å². The molecule has 14 heavy (non-hydrogen) atoms. The van der Waals surface area contributed by atoms with E-state index in [2.05, 4.69) is 19.9 Å². The van der Waals surface area contributed by atoms with Crippen LogP contribution < -0.4 is 5.73 Å². The highest BCUT2D eigenvalue weighted by molar-refractivity contribution is 6.01. The van der Waals surface area contributed by atoms with Gasteiger partial charge in [0.15, 0.2) is 5.65 Å². The summed E-state index contributed by atoms with van der Waals surface area (Å²) in [5.41, 5.74) is 9.38. The first-order chi connectivity index (χ1) is 6.86. The van der Waals surface area contributed by atoms with Gasteiger partial charge in [-0.05, 0) is 12.1 Å². The number of nitrogens with two attached hydrogens (primary N) is 1. The van der Waals surface area contributed by atoms with Gasteiger partial charge in [-0.25, -0.2) is 15.0 Å². The maximum Gasteiger partial charge on any atom is 0.182 e. The van der Waals surface area contributed by atoms with Crippen molar-refractivity contribution in [3.63, 3.8) is 0 Å². The van der Waals surface area contributed by atoms with Gasteiger partial charge < -0.3 is 10.7 Å². The molecule has 0 spiro atoms. The minimum Gasteiger partial charge on any atom is -0.395 e. The summed E-state index contributed by atoms with van der Waals surface area (Å²) < 4.78 is 0. The quantitative estimate of drug-likeness (QED) is 0.549. The molecule has 0 aliphatic rings. The molecule has 0 unspecified atom stereocenters. The van der Waals surface area contributed by atoms with Crippen LogP contribution in [0.4, 0.5) is 5.69 Å². The number of imidazole rings is 1. The van der Waals surface area contributed by atoms with Crippen molar-refractivity contribution in [1.29, 1.82) is 0 Å². The Labute approximate surface area is 79.0 Å². The zero-order valence-corrected chi connectivity index (χ0v) is 7.23. The number of fused-ring (bicyclic) bond motifs is 2. The Morgan fingerprint density at radius 1 is 1.29 bits per heavy atom. The van der Waals surface area contributed by atoms with Crippen LogP contribution in [0.2, 0.25) is 0 Å². The monoisotopic (exact) mass is 185 g/mol. The van der Waals surface area contributed by atoms with E-state index in [0.29, 0.717) is 16.9 Å². The van der Waals surface area contributed by atoms with Crippen molar-refractivity contribution < 1.29 is 0 Å². The fourth-order valence-corrected chi connectivity index (χ4v) is 1.50. The standard InChI is InChI=1S/C9H7N5/c10-6-7-5(2-1-3-11-7)14-9-8(6)12-4-13-9/h1-4,11H,10H2. The van der Waals surface area contributed by atoms with E-state index in [1.807, 2.05) is 18.3 Å². The highest BCUT2D eigenvalue weighted by Crippen LogP contribution is 2.23.